The van der Waals surface area contributed by atoms with Crippen LogP contribution in [0.1, 0.15) is 5.56 Å². The van der Waals surface area contributed by atoms with Gasteiger partial charge < -0.3 is 10.6 Å². The van der Waals surface area contributed by atoms with E-state index < -0.39 is 23.3 Å². The molecule has 0 unspecified atom stereocenters. The number of nitrogens with two attached hydrogens (primary N) is 1. The highest BCUT2D eigenvalue weighted by Crippen LogP contribution is 2.02. The molecule has 0 amide bonds. The summed E-state index contributed by atoms with van der Waals surface area (Å²) in [5, 5.41) is 0. The Bertz CT molecular complexity index is 705. The molecule has 0 saturated heterocycles. The minimum atomic E-state index is -0.906. The van der Waals surface area contributed by atoms with Gasteiger partial charge in [0, 0.05) is 6.07 Å². The predicted octanol–water partition coefficient (Wildman–Crippen LogP) is -0.938. The van der Waals surface area contributed by atoms with Crippen LogP contribution in [-0.2, 0) is 11.2 Å². The van der Waals surface area contributed by atoms with Gasteiger partial charge in [0.05, 0.1) is 6.20 Å². The summed E-state index contributed by atoms with van der Waals surface area (Å²) in [5.74, 6) is -0.761. The van der Waals surface area contributed by atoms with Crippen LogP contribution in [0.4, 0.5) is 0 Å². The maximum absolute atomic E-state index is 11.8. The smallest absolute Gasteiger partial charge is 0.330 e. The lowest BCUT2D eigenvalue weighted by Crippen LogP contribution is -2.43. The fourth-order valence-corrected chi connectivity index (χ4v) is 1.59. The second-order valence-corrected chi connectivity index (χ2v) is 4.14. The molecule has 2 aromatic rings. The van der Waals surface area contributed by atoms with Crippen LogP contribution in [-0.4, -0.2) is 21.7 Å². The van der Waals surface area contributed by atoms with Crippen LogP contribution in [0.15, 0.2) is 52.2 Å². The summed E-state index contributed by atoms with van der Waals surface area (Å²) in [6.07, 6.45) is 1.35. The topological polar surface area (TPSA) is 107 Å². The highest BCUT2D eigenvalue weighted by Gasteiger charge is 2.17. The minimum Gasteiger partial charge on any atom is -0.330 e. The Morgan fingerprint density at radius 3 is 2.60 bits per heavy atom. The van der Waals surface area contributed by atoms with Crippen LogP contribution < -0.4 is 21.8 Å². The maximum Gasteiger partial charge on any atom is 0.361 e. The van der Waals surface area contributed by atoms with Crippen LogP contribution in [0, 0.1) is 0 Å². The van der Waals surface area contributed by atoms with Crippen LogP contribution >= 0.6 is 0 Å². The first-order valence-corrected chi connectivity index (χ1v) is 5.90. The van der Waals surface area contributed by atoms with E-state index in [0.717, 1.165) is 17.8 Å². The van der Waals surface area contributed by atoms with Crippen molar-refractivity contribution in [2.45, 2.75) is 12.5 Å². The van der Waals surface area contributed by atoms with Crippen molar-refractivity contribution >= 4 is 5.97 Å². The van der Waals surface area contributed by atoms with E-state index in [0.29, 0.717) is 4.73 Å². The summed E-state index contributed by atoms with van der Waals surface area (Å²) in [5.41, 5.74) is 5.19. The number of rotatable bonds is 4. The Hall–Kier alpha value is -2.67. The third kappa shape index (κ3) is 3.42. The molecule has 0 spiro atoms. The van der Waals surface area contributed by atoms with Gasteiger partial charge in [-0.15, -0.1) is 4.73 Å². The van der Waals surface area contributed by atoms with Crippen molar-refractivity contribution in [3.8, 4) is 0 Å². The number of benzene rings is 1. The molecule has 0 saturated carbocycles. The Balaban J connectivity index is 2.04. The number of aromatic amines is 1. The summed E-state index contributed by atoms with van der Waals surface area (Å²) >= 11 is 0. The molecule has 1 aromatic carbocycles. The number of carbonyl (C=O) groups is 1. The third-order valence-electron chi connectivity index (χ3n) is 2.58. The number of hydrogen-bond donors (Lipinski definition) is 2. The summed E-state index contributed by atoms with van der Waals surface area (Å²) in [6.45, 7) is 0. The lowest BCUT2D eigenvalue weighted by Gasteiger charge is -2.11. The quantitative estimate of drug-likeness (QED) is 0.749. The molecule has 1 heterocycles. The van der Waals surface area contributed by atoms with Crippen molar-refractivity contribution in [2.24, 2.45) is 5.73 Å². The average molecular weight is 275 g/mol. The minimum absolute atomic E-state index is 0.289. The molecule has 0 bridgehead atoms. The first-order chi connectivity index (χ1) is 9.56. The Morgan fingerprint density at radius 1 is 1.25 bits per heavy atom. The molecule has 3 N–H and O–H groups in total. The zero-order chi connectivity index (χ0) is 14.5. The second-order valence-electron chi connectivity index (χ2n) is 4.14. The maximum atomic E-state index is 11.8. The van der Waals surface area contributed by atoms with E-state index in [2.05, 4.69) is 0 Å². The van der Waals surface area contributed by atoms with Gasteiger partial charge in [0.1, 0.15) is 6.04 Å². The predicted molar refractivity (Wildman–Crippen MR) is 71.0 cm³/mol. The lowest BCUT2D eigenvalue weighted by atomic mass is 10.1. The summed E-state index contributed by atoms with van der Waals surface area (Å²) < 4.78 is 0.634. The van der Waals surface area contributed by atoms with Crippen molar-refractivity contribution in [1.82, 2.24) is 9.71 Å². The van der Waals surface area contributed by atoms with Crippen molar-refractivity contribution in [2.75, 3.05) is 0 Å². The first kappa shape index (κ1) is 13.8. The van der Waals surface area contributed by atoms with Crippen LogP contribution in [0.5, 0.6) is 0 Å². The van der Waals surface area contributed by atoms with Gasteiger partial charge in [-0.1, -0.05) is 30.3 Å². The molecule has 1 aromatic heterocycles. The zero-order valence-corrected chi connectivity index (χ0v) is 10.5. The molecule has 1 atom stereocenters. The molecule has 2 rings (SSSR count). The van der Waals surface area contributed by atoms with Crippen LogP contribution in [0.3, 0.4) is 0 Å². The number of carbonyl (C=O) groups excluding carboxylic acids is 1. The van der Waals surface area contributed by atoms with Crippen molar-refractivity contribution in [3.63, 3.8) is 0 Å². The highest BCUT2D eigenvalue weighted by molar-refractivity contribution is 5.76. The van der Waals surface area contributed by atoms with E-state index in [1.165, 1.54) is 0 Å². The molecule has 0 aliphatic heterocycles. The molecule has 104 valence electrons. The van der Waals surface area contributed by atoms with E-state index in [9.17, 15) is 14.4 Å². The van der Waals surface area contributed by atoms with E-state index in [-0.39, 0.29) is 6.42 Å². The number of nitrogens with one attached hydrogen (secondary N) is 1. The normalized spacial score (nSPS) is 11.8. The standard InChI is InChI=1S/C13H13N3O4/c14-10(8-9-4-2-1-3-5-9)12(18)20-16-7-6-11(17)15-13(16)19/h1-7,10H,8,14H2,(H,15,17,19)/t10-/m0/s1. The van der Waals surface area contributed by atoms with Crippen LogP contribution in [0.25, 0.3) is 0 Å². The molecule has 0 aliphatic rings. The van der Waals surface area contributed by atoms with E-state index in [1.807, 2.05) is 35.3 Å². The molecular formula is C13H13N3O4. The molecule has 7 heteroatoms. The van der Waals surface area contributed by atoms with Gasteiger partial charge in [0.2, 0.25) is 0 Å². The Labute approximate surface area is 113 Å². The number of hydrogen-bond acceptors (Lipinski definition) is 5. The third-order valence-corrected chi connectivity index (χ3v) is 2.58. The molecule has 20 heavy (non-hydrogen) atoms. The molecular weight excluding hydrogens is 262 g/mol. The number of nitrogens with zero attached hydrogens (tertiary/aromatic N) is 1. The number of H-pyrrole nitrogens is 1. The summed E-state index contributed by atoms with van der Waals surface area (Å²) in [7, 11) is 0. The summed E-state index contributed by atoms with van der Waals surface area (Å²) in [4.78, 5) is 40.7. The second kappa shape index (κ2) is 5.98. The molecule has 7 nitrogen and oxygen atoms in total. The lowest BCUT2D eigenvalue weighted by molar-refractivity contribution is -0.146. The van der Waals surface area contributed by atoms with E-state index in [4.69, 9.17) is 10.6 Å². The van der Waals surface area contributed by atoms with Crippen molar-refractivity contribution in [3.05, 3.63) is 69.0 Å². The van der Waals surface area contributed by atoms with Gasteiger partial charge in [0.25, 0.3) is 5.56 Å². The van der Waals surface area contributed by atoms with Gasteiger partial charge in [0.15, 0.2) is 0 Å². The monoisotopic (exact) mass is 275 g/mol. The Kier molecular flexibility index (Phi) is 4.11. The molecule has 0 fully saturated rings. The highest BCUT2D eigenvalue weighted by atomic mass is 16.7. The molecule has 0 aliphatic carbocycles. The van der Waals surface area contributed by atoms with Gasteiger partial charge in [-0.05, 0) is 12.0 Å². The van der Waals surface area contributed by atoms with E-state index >= 15 is 0 Å². The van der Waals surface area contributed by atoms with Crippen LogP contribution in [0.2, 0.25) is 0 Å². The van der Waals surface area contributed by atoms with Gasteiger partial charge in [-0.25, -0.2) is 9.59 Å². The van der Waals surface area contributed by atoms with Crippen molar-refractivity contribution < 1.29 is 9.63 Å². The SMILES string of the molecule is N[C@@H](Cc1ccccc1)C(=O)On1ccc(=O)[nH]c1=O. The van der Waals surface area contributed by atoms with E-state index in [1.54, 1.807) is 0 Å². The first-order valence-electron chi connectivity index (χ1n) is 5.90. The zero-order valence-electron chi connectivity index (χ0n) is 10.5. The van der Waals surface area contributed by atoms with Gasteiger partial charge in [-0.3, -0.25) is 9.78 Å². The largest absolute Gasteiger partial charge is 0.361 e. The summed E-state index contributed by atoms with van der Waals surface area (Å²) in [6, 6.07) is 9.35. The fourth-order valence-electron chi connectivity index (χ4n) is 1.59. The van der Waals surface area contributed by atoms with Gasteiger partial charge in [-0.2, -0.15) is 0 Å². The molecule has 0 radical (unpaired) electrons. The number of aromatic nitrogens is 2. The fraction of sp³-hybridized carbons (Fsp3) is 0.154. The Morgan fingerprint density at radius 2 is 1.95 bits per heavy atom. The van der Waals surface area contributed by atoms with Crippen molar-refractivity contribution in [1.29, 1.82) is 0 Å². The average Bonchev–Trinajstić information content (AvgIpc) is 2.43. The van der Waals surface area contributed by atoms with Gasteiger partial charge >= 0.3 is 11.7 Å².